The second kappa shape index (κ2) is 5.47. The van der Waals surface area contributed by atoms with E-state index in [2.05, 4.69) is 32.2 Å². The summed E-state index contributed by atoms with van der Waals surface area (Å²) >= 11 is 0. The van der Waals surface area contributed by atoms with Crippen molar-refractivity contribution in [1.29, 1.82) is 0 Å². The minimum absolute atomic E-state index is 0.434. The standard InChI is InChI=1S/C11H18N6/c1-2-3-4-5-6-13-11-16-9(12)8-10(17-11)15-7-14-8/h7H,2-6H2,1H3,(H4,12,13,14,15,16,17). The van der Waals surface area contributed by atoms with E-state index in [4.69, 9.17) is 5.73 Å². The maximum atomic E-state index is 5.79. The van der Waals surface area contributed by atoms with Gasteiger partial charge in [0.05, 0.1) is 6.33 Å². The molecule has 0 bridgehead atoms. The largest absolute Gasteiger partial charge is 0.382 e. The number of nitrogens with zero attached hydrogens (tertiary/aromatic N) is 3. The van der Waals surface area contributed by atoms with Crippen LogP contribution in [0.25, 0.3) is 11.2 Å². The second-order valence-corrected chi connectivity index (χ2v) is 4.02. The number of nitrogens with one attached hydrogen (secondary N) is 2. The van der Waals surface area contributed by atoms with Crippen LogP contribution in [0.3, 0.4) is 0 Å². The molecule has 2 aromatic rings. The fourth-order valence-electron chi connectivity index (χ4n) is 1.69. The Morgan fingerprint density at radius 1 is 1.29 bits per heavy atom. The van der Waals surface area contributed by atoms with Crippen LogP contribution in [0, 0.1) is 0 Å². The predicted octanol–water partition coefficient (Wildman–Crippen LogP) is 1.93. The third kappa shape index (κ3) is 2.83. The first-order valence-electron chi connectivity index (χ1n) is 6.01. The highest BCUT2D eigenvalue weighted by Gasteiger charge is 2.06. The molecule has 0 saturated carbocycles. The summed E-state index contributed by atoms with van der Waals surface area (Å²) in [5.74, 6) is 0.988. The normalized spacial score (nSPS) is 10.9. The molecule has 0 aliphatic heterocycles. The summed E-state index contributed by atoms with van der Waals surface area (Å²) < 4.78 is 0. The molecule has 0 aliphatic carbocycles. The Bertz CT molecular complexity index is 478. The molecule has 0 amide bonds. The third-order valence-electron chi connectivity index (χ3n) is 2.63. The van der Waals surface area contributed by atoms with Crippen molar-refractivity contribution in [2.45, 2.75) is 32.6 Å². The van der Waals surface area contributed by atoms with Crippen LogP contribution in [0.1, 0.15) is 32.6 Å². The topological polar surface area (TPSA) is 92.5 Å². The Morgan fingerprint density at radius 3 is 3.00 bits per heavy atom. The summed E-state index contributed by atoms with van der Waals surface area (Å²) in [6.07, 6.45) is 6.42. The molecule has 6 heteroatoms. The van der Waals surface area contributed by atoms with Crippen molar-refractivity contribution in [3.05, 3.63) is 6.33 Å². The van der Waals surface area contributed by atoms with Gasteiger partial charge in [0.15, 0.2) is 11.5 Å². The summed E-state index contributed by atoms with van der Waals surface area (Å²) in [5.41, 5.74) is 7.09. The number of unbranched alkanes of at least 4 members (excludes halogenated alkanes) is 3. The van der Waals surface area contributed by atoms with E-state index < -0.39 is 0 Å². The van der Waals surface area contributed by atoms with E-state index in [9.17, 15) is 0 Å². The van der Waals surface area contributed by atoms with E-state index in [1.54, 1.807) is 6.33 Å². The molecule has 2 aromatic heterocycles. The number of imidazole rings is 1. The summed E-state index contributed by atoms with van der Waals surface area (Å²) in [5, 5.41) is 3.17. The molecule has 0 fully saturated rings. The number of fused-ring (bicyclic) bond motifs is 1. The van der Waals surface area contributed by atoms with E-state index in [1.807, 2.05) is 0 Å². The first kappa shape index (κ1) is 11.6. The molecule has 0 aromatic carbocycles. The monoisotopic (exact) mass is 234 g/mol. The number of aromatic amines is 1. The molecule has 6 nitrogen and oxygen atoms in total. The van der Waals surface area contributed by atoms with E-state index >= 15 is 0 Å². The van der Waals surface area contributed by atoms with Crippen LogP contribution in [-0.2, 0) is 0 Å². The smallest absolute Gasteiger partial charge is 0.226 e. The number of hydrogen-bond donors (Lipinski definition) is 3. The summed E-state index contributed by atoms with van der Waals surface area (Å²) in [6.45, 7) is 3.07. The van der Waals surface area contributed by atoms with Gasteiger partial charge in [0.2, 0.25) is 5.95 Å². The minimum atomic E-state index is 0.434. The lowest BCUT2D eigenvalue weighted by Crippen LogP contribution is -2.07. The van der Waals surface area contributed by atoms with Crippen LogP contribution in [0.2, 0.25) is 0 Å². The van der Waals surface area contributed by atoms with Gasteiger partial charge in [-0.15, -0.1) is 0 Å². The molecule has 0 atom stereocenters. The zero-order chi connectivity index (χ0) is 12.1. The Kier molecular flexibility index (Phi) is 3.74. The van der Waals surface area contributed by atoms with E-state index in [0.717, 1.165) is 13.0 Å². The van der Waals surface area contributed by atoms with Crippen molar-refractivity contribution < 1.29 is 0 Å². The molecule has 0 saturated heterocycles. The predicted molar refractivity (Wildman–Crippen MR) is 68.7 cm³/mol. The maximum absolute atomic E-state index is 5.79. The van der Waals surface area contributed by atoms with Crippen molar-refractivity contribution in [2.24, 2.45) is 0 Å². The van der Waals surface area contributed by atoms with Gasteiger partial charge in [0.25, 0.3) is 0 Å². The van der Waals surface area contributed by atoms with E-state index in [1.165, 1.54) is 19.3 Å². The summed E-state index contributed by atoms with van der Waals surface area (Å²) in [4.78, 5) is 15.4. The number of nitrogen functional groups attached to an aromatic ring is 1. The zero-order valence-electron chi connectivity index (χ0n) is 10.0. The highest BCUT2D eigenvalue weighted by molar-refractivity contribution is 5.82. The number of H-pyrrole nitrogens is 1. The molecule has 0 radical (unpaired) electrons. The van der Waals surface area contributed by atoms with Gasteiger partial charge in [-0.1, -0.05) is 26.2 Å². The summed E-state index contributed by atoms with van der Waals surface area (Å²) in [6, 6.07) is 0. The van der Waals surface area contributed by atoms with Crippen molar-refractivity contribution in [1.82, 2.24) is 19.9 Å². The van der Waals surface area contributed by atoms with Crippen LogP contribution in [-0.4, -0.2) is 26.5 Å². The highest BCUT2D eigenvalue weighted by atomic mass is 15.2. The minimum Gasteiger partial charge on any atom is -0.382 e. The fraction of sp³-hybridized carbons (Fsp3) is 0.545. The van der Waals surface area contributed by atoms with Gasteiger partial charge in [-0.05, 0) is 6.42 Å². The maximum Gasteiger partial charge on any atom is 0.226 e. The average Bonchev–Trinajstić information content (AvgIpc) is 2.77. The molecule has 0 aliphatic rings. The Labute approximate surface area is 100 Å². The van der Waals surface area contributed by atoms with Gasteiger partial charge in [0, 0.05) is 6.54 Å². The quantitative estimate of drug-likeness (QED) is 0.664. The van der Waals surface area contributed by atoms with Gasteiger partial charge in [-0.2, -0.15) is 9.97 Å². The van der Waals surface area contributed by atoms with Crippen molar-refractivity contribution in [3.8, 4) is 0 Å². The molecule has 92 valence electrons. The van der Waals surface area contributed by atoms with Crippen LogP contribution in [0.5, 0.6) is 0 Å². The lowest BCUT2D eigenvalue weighted by atomic mass is 10.2. The fourth-order valence-corrected chi connectivity index (χ4v) is 1.69. The number of aromatic nitrogens is 4. The molecule has 0 unspecified atom stereocenters. The van der Waals surface area contributed by atoms with Crippen LogP contribution in [0.4, 0.5) is 11.8 Å². The Morgan fingerprint density at radius 2 is 2.18 bits per heavy atom. The van der Waals surface area contributed by atoms with Gasteiger partial charge < -0.3 is 16.0 Å². The molecule has 4 N–H and O–H groups in total. The van der Waals surface area contributed by atoms with Crippen molar-refractivity contribution in [2.75, 3.05) is 17.6 Å². The van der Waals surface area contributed by atoms with Crippen LogP contribution < -0.4 is 11.1 Å². The van der Waals surface area contributed by atoms with E-state index in [0.29, 0.717) is 22.9 Å². The molecule has 0 spiro atoms. The van der Waals surface area contributed by atoms with Gasteiger partial charge in [-0.3, -0.25) is 0 Å². The van der Waals surface area contributed by atoms with Gasteiger partial charge in [0.1, 0.15) is 5.52 Å². The van der Waals surface area contributed by atoms with Crippen molar-refractivity contribution in [3.63, 3.8) is 0 Å². The molecule has 17 heavy (non-hydrogen) atoms. The Hall–Kier alpha value is -1.85. The molecule has 2 heterocycles. The first-order chi connectivity index (χ1) is 8.31. The first-order valence-corrected chi connectivity index (χ1v) is 6.01. The zero-order valence-corrected chi connectivity index (χ0v) is 10.0. The number of anilines is 2. The number of nitrogens with two attached hydrogens (primary N) is 1. The number of rotatable bonds is 6. The second-order valence-electron chi connectivity index (χ2n) is 4.02. The van der Waals surface area contributed by atoms with Gasteiger partial charge in [-0.25, -0.2) is 4.98 Å². The lowest BCUT2D eigenvalue weighted by molar-refractivity contribution is 0.683. The van der Waals surface area contributed by atoms with Crippen LogP contribution in [0.15, 0.2) is 6.33 Å². The highest BCUT2D eigenvalue weighted by Crippen LogP contribution is 2.15. The molecule has 2 rings (SSSR count). The third-order valence-corrected chi connectivity index (χ3v) is 2.63. The molecular weight excluding hydrogens is 216 g/mol. The summed E-state index contributed by atoms with van der Waals surface area (Å²) in [7, 11) is 0. The van der Waals surface area contributed by atoms with Gasteiger partial charge >= 0.3 is 0 Å². The van der Waals surface area contributed by atoms with E-state index in [-0.39, 0.29) is 0 Å². The Balaban J connectivity index is 1.94. The lowest BCUT2D eigenvalue weighted by Gasteiger charge is -2.05. The van der Waals surface area contributed by atoms with Crippen molar-refractivity contribution >= 4 is 22.9 Å². The SMILES string of the molecule is CCCCCCNc1nc(N)c2[nH]cnc2n1. The van der Waals surface area contributed by atoms with Crippen LogP contribution >= 0.6 is 0 Å². The molecular formula is C11H18N6. The average molecular weight is 234 g/mol. The number of hydrogen-bond acceptors (Lipinski definition) is 5.